The molecule has 0 spiro atoms. The van der Waals surface area contributed by atoms with Crippen LogP contribution in [0.15, 0.2) is 24.3 Å². The third kappa shape index (κ3) is 8.46. The molecule has 0 aliphatic rings. The van der Waals surface area contributed by atoms with Gasteiger partial charge in [0.2, 0.25) is 11.8 Å². The van der Waals surface area contributed by atoms with Gasteiger partial charge in [0.25, 0.3) is 0 Å². The molecule has 4 atom stereocenters. The van der Waals surface area contributed by atoms with Gasteiger partial charge in [0.1, 0.15) is 23.9 Å². The molecule has 0 heterocycles. The van der Waals surface area contributed by atoms with Gasteiger partial charge in [-0.25, -0.2) is 4.79 Å². The SMILES string of the molecule is C[C@H](O)[C@@H](N)C(=O)N[C@@H](Cc1ccc(O)cc1)C(=O)N[C@@H](CCCCN)C(=O)O. The van der Waals surface area contributed by atoms with E-state index in [0.29, 0.717) is 24.9 Å². The molecule has 1 aromatic carbocycles. The van der Waals surface area contributed by atoms with Crippen molar-refractivity contribution in [2.45, 2.75) is 56.8 Å². The number of carbonyl (C=O) groups is 3. The van der Waals surface area contributed by atoms with Gasteiger partial charge in [-0.1, -0.05) is 12.1 Å². The number of benzene rings is 1. The zero-order chi connectivity index (χ0) is 22.0. The molecular weight excluding hydrogens is 380 g/mol. The second-order valence-corrected chi connectivity index (χ2v) is 6.88. The fourth-order valence-corrected chi connectivity index (χ4v) is 2.59. The summed E-state index contributed by atoms with van der Waals surface area (Å²) in [6.45, 7) is 1.76. The quantitative estimate of drug-likeness (QED) is 0.210. The lowest BCUT2D eigenvalue weighted by Crippen LogP contribution is -2.56. The monoisotopic (exact) mass is 410 g/mol. The topological polar surface area (TPSA) is 188 Å². The lowest BCUT2D eigenvalue weighted by molar-refractivity contribution is -0.142. The third-order valence-electron chi connectivity index (χ3n) is 4.39. The van der Waals surface area contributed by atoms with E-state index < -0.39 is 42.0 Å². The molecule has 10 heteroatoms. The number of amides is 2. The van der Waals surface area contributed by atoms with Crippen molar-refractivity contribution in [2.75, 3.05) is 6.54 Å². The number of aromatic hydroxyl groups is 1. The zero-order valence-corrected chi connectivity index (χ0v) is 16.4. The van der Waals surface area contributed by atoms with E-state index >= 15 is 0 Å². The lowest BCUT2D eigenvalue weighted by Gasteiger charge is -2.24. The van der Waals surface area contributed by atoms with Gasteiger partial charge in [-0.15, -0.1) is 0 Å². The first-order chi connectivity index (χ1) is 13.6. The maximum absolute atomic E-state index is 12.7. The van der Waals surface area contributed by atoms with Crippen LogP contribution < -0.4 is 22.1 Å². The second-order valence-electron chi connectivity index (χ2n) is 6.88. The van der Waals surface area contributed by atoms with Crippen molar-refractivity contribution in [3.8, 4) is 5.75 Å². The van der Waals surface area contributed by atoms with Crippen LogP contribution in [0.2, 0.25) is 0 Å². The van der Waals surface area contributed by atoms with Gasteiger partial charge in [-0.2, -0.15) is 0 Å². The van der Waals surface area contributed by atoms with Crippen molar-refractivity contribution in [2.24, 2.45) is 11.5 Å². The molecule has 0 radical (unpaired) electrons. The first-order valence-corrected chi connectivity index (χ1v) is 9.40. The smallest absolute Gasteiger partial charge is 0.326 e. The Labute approximate surface area is 169 Å². The Hall–Kier alpha value is -2.69. The maximum atomic E-state index is 12.7. The summed E-state index contributed by atoms with van der Waals surface area (Å²) in [4.78, 5) is 36.4. The average Bonchev–Trinajstić information content (AvgIpc) is 2.67. The van der Waals surface area contributed by atoms with E-state index in [1.807, 2.05) is 0 Å². The van der Waals surface area contributed by atoms with Crippen LogP contribution in [-0.2, 0) is 20.8 Å². The van der Waals surface area contributed by atoms with E-state index in [4.69, 9.17) is 11.5 Å². The molecule has 162 valence electrons. The van der Waals surface area contributed by atoms with Crippen LogP contribution >= 0.6 is 0 Å². The Morgan fingerprint density at radius 1 is 1.03 bits per heavy atom. The fraction of sp³-hybridized carbons (Fsp3) is 0.526. The number of nitrogens with one attached hydrogen (secondary N) is 2. The van der Waals surface area contributed by atoms with E-state index in [0.717, 1.165) is 0 Å². The summed E-state index contributed by atoms with van der Waals surface area (Å²) < 4.78 is 0. The summed E-state index contributed by atoms with van der Waals surface area (Å²) in [6, 6.07) is 2.52. The number of rotatable bonds is 12. The second kappa shape index (κ2) is 12.0. The number of nitrogens with two attached hydrogens (primary N) is 2. The van der Waals surface area contributed by atoms with Crippen molar-refractivity contribution < 1.29 is 29.7 Å². The van der Waals surface area contributed by atoms with Crippen LogP contribution in [0.5, 0.6) is 5.75 Å². The molecule has 0 fully saturated rings. The Kier molecular flexibility index (Phi) is 10.1. The van der Waals surface area contributed by atoms with Crippen LogP contribution in [-0.4, -0.2) is 63.9 Å². The van der Waals surface area contributed by atoms with Gasteiger partial charge in [0.15, 0.2) is 0 Å². The van der Waals surface area contributed by atoms with Crippen molar-refractivity contribution in [1.82, 2.24) is 10.6 Å². The minimum atomic E-state index is -1.25. The average molecular weight is 410 g/mol. The Balaban J connectivity index is 2.94. The molecule has 1 rings (SSSR count). The summed E-state index contributed by atoms with van der Waals surface area (Å²) >= 11 is 0. The summed E-state index contributed by atoms with van der Waals surface area (Å²) in [5, 5.41) is 33.1. The molecule has 0 aliphatic carbocycles. The van der Waals surface area contributed by atoms with Gasteiger partial charge in [-0.3, -0.25) is 9.59 Å². The van der Waals surface area contributed by atoms with E-state index in [2.05, 4.69) is 10.6 Å². The highest BCUT2D eigenvalue weighted by molar-refractivity contribution is 5.92. The number of phenolic OH excluding ortho intramolecular Hbond substituents is 1. The molecule has 0 bridgehead atoms. The summed E-state index contributed by atoms with van der Waals surface area (Å²) in [5.74, 6) is -2.58. The molecule has 1 aromatic rings. The van der Waals surface area contributed by atoms with Crippen molar-refractivity contribution in [3.05, 3.63) is 29.8 Å². The van der Waals surface area contributed by atoms with Crippen LogP contribution in [0.1, 0.15) is 31.7 Å². The highest BCUT2D eigenvalue weighted by Crippen LogP contribution is 2.12. The number of unbranched alkanes of at least 4 members (excludes halogenated alkanes) is 1. The molecule has 0 saturated carbocycles. The number of hydrogen-bond donors (Lipinski definition) is 7. The largest absolute Gasteiger partial charge is 0.508 e. The number of aliphatic hydroxyl groups is 1. The van der Waals surface area contributed by atoms with Crippen LogP contribution in [0, 0.1) is 0 Å². The summed E-state index contributed by atoms with van der Waals surface area (Å²) in [6.07, 6.45) is 0.257. The zero-order valence-electron chi connectivity index (χ0n) is 16.4. The maximum Gasteiger partial charge on any atom is 0.326 e. The Morgan fingerprint density at radius 3 is 2.14 bits per heavy atom. The standard InChI is InChI=1S/C19H30N4O6/c1-11(24)16(21)18(27)23-15(10-12-5-7-13(25)8-6-12)17(26)22-14(19(28)29)4-2-3-9-20/h5-8,11,14-16,24-25H,2-4,9-10,20-21H2,1H3,(H,22,26)(H,23,27)(H,28,29)/t11-,14-,15-,16+/m0/s1. The van der Waals surface area contributed by atoms with Gasteiger partial charge < -0.3 is 37.4 Å². The van der Waals surface area contributed by atoms with Crippen LogP contribution in [0.25, 0.3) is 0 Å². The number of hydrogen-bond acceptors (Lipinski definition) is 7. The van der Waals surface area contributed by atoms with Crippen molar-refractivity contribution in [3.63, 3.8) is 0 Å². The molecule has 29 heavy (non-hydrogen) atoms. The van der Waals surface area contributed by atoms with E-state index in [-0.39, 0.29) is 18.6 Å². The van der Waals surface area contributed by atoms with Crippen LogP contribution in [0.4, 0.5) is 0 Å². The Morgan fingerprint density at radius 2 is 1.62 bits per heavy atom. The molecule has 10 nitrogen and oxygen atoms in total. The minimum Gasteiger partial charge on any atom is -0.508 e. The number of carboxylic acid groups (broad SMARTS) is 1. The van der Waals surface area contributed by atoms with Crippen molar-refractivity contribution in [1.29, 1.82) is 0 Å². The highest BCUT2D eigenvalue weighted by Gasteiger charge is 2.29. The lowest BCUT2D eigenvalue weighted by atomic mass is 10.0. The van der Waals surface area contributed by atoms with Crippen molar-refractivity contribution >= 4 is 17.8 Å². The predicted octanol–water partition coefficient (Wildman–Crippen LogP) is -1.17. The number of phenols is 1. The molecule has 0 saturated heterocycles. The van der Waals surface area contributed by atoms with Gasteiger partial charge >= 0.3 is 5.97 Å². The number of aliphatic carboxylic acids is 1. The molecule has 0 unspecified atom stereocenters. The third-order valence-corrected chi connectivity index (χ3v) is 4.39. The first-order valence-electron chi connectivity index (χ1n) is 9.40. The first kappa shape index (κ1) is 24.3. The molecule has 2 amide bonds. The van der Waals surface area contributed by atoms with E-state index in [1.54, 1.807) is 12.1 Å². The number of aliphatic hydroxyl groups excluding tert-OH is 1. The van der Waals surface area contributed by atoms with E-state index in [9.17, 15) is 29.7 Å². The molecular formula is C19H30N4O6. The van der Waals surface area contributed by atoms with Crippen LogP contribution in [0.3, 0.4) is 0 Å². The van der Waals surface area contributed by atoms with E-state index in [1.165, 1.54) is 19.1 Å². The normalized spacial score (nSPS) is 15.0. The summed E-state index contributed by atoms with van der Waals surface area (Å²) in [7, 11) is 0. The predicted molar refractivity (Wildman–Crippen MR) is 106 cm³/mol. The highest BCUT2D eigenvalue weighted by atomic mass is 16.4. The Bertz CT molecular complexity index is 680. The molecule has 0 aromatic heterocycles. The summed E-state index contributed by atoms with van der Waals surface area (Å²) in [5.41, 5.74) is 11.7. The number of carboxylic acids is 1. The fourth-order valence-electron chi connectivity index (χ4n) is 2.59. The van der Waals surface area contributed by atoms with Gasteiger partial charge in [0, 0.05) is 6.42 Å². The minimum absolute atomic E-state index is 0.0412. The van der Waals surface area contributed by atoms with Gasteiger partial charge in [-0.05, 0) is 50.4 Å². The number of carbonyl (C=O) groups excluding carboxylic acids is 2. The molecule has 0 aliphatic heterocycles. The molecule has 9 N–H and O–H groups in total. The van der Waals surface area contributed by atoms with Gasteiger partial charge in [0.05, 0.1) is 6.10 Å².